The SMILES string of the molecule is CC(Cn1cncn1)Oc1cc(-c2cnc(Nc3cn(C4CCC(N5CCOCC5)CC4)nc3OCCn3cccn3)nc2)ccc1Cl. The lowest BCUT2D eigenvalue weighted by molar-refractivity contribution is 0.00503. The third-order valence-electron chi connectivity index (χ3n) is 8.82. The van der Waals surface area contributed by atoms with Crippen LogP contribution in [0.2, 0.25) is 5.02 Å². The molecule has 0 amide bonds. The molecule has 1 N–H and O–H groups in total. The number of ether oxygens (including phenoxy) is 3. The van der Waals surface area contributed by atoms with E-state index < -0.39 is 0 Å². The van der Waals surface area contributed by atoms with Crippen LogP contribution < -0.4 is 14.8 Å². The second-order valence-corrected chi connectivity index (χ2v) is 12.6. The first kappa shape index (κ1) is 32.0. The average molecular weight is 674 g/mol. The van der Waals surface area contributed by atoms with Crippen LogP contribution in [-0.2, 0) is 17.8 Å². The molecule has 0 bridgehead atoms. The Morgan fingerprint density at radius 1 is 1.02 bits per heavy atom. The normalized spacial score (nSPS) is 19.2. The van der Waals surface area contributed by atoms with E-state index in [1.54, 1.807) is 29.6 Å². The zero-order chi connectivity index (χ0) is 32.7. The van der Waals surface area contributed by atoms with E-state index in [9.17, 15) is 0 Å². The lowest BCUT2D eigenvalue weighted by atomic mass is 9.90. The van der Waals surface area contributed by atoms with Gasteiger partial charge in [-0.25, -0.2) is 19.6 Å². The van der Waals surface area contributed by atoms with Crippen molar-refractivity contribution in [3.05, 3.63) is 72.9 Å². The number of hydrogen-bond donors (Lipinski definition) is 1. The first-order valence-electron chi connectivity index (χ1n) is 16.5. The van der Waals surface area contributed by atoms with Crippen molar-refractivity contribution in [1.82, 2.24) is 49.2 Å². The zero-order valence-corrected chi connectivity index (χ0v) is 27.7. The number of hydrogen-bond acceptors (Lipinski definition) is 11. The number of halogens is 1. The first-order chi connectivity index (χ1) is 23.6. The van der Waals surface area contributed by atoms with Crippen molar-refractivity contribution in [1.29, 1.82) is 0 Å². The summed E-state index contributed by atoms with van der Waals surface area (Å²) in [5.74, 6) is 1.54. The van der Waals surface area contributed by atoms with Gasteiger partial charge in [-0.05, 0) is 56.4 Å². The van der Waals surface area contributed by atoms with E-state index in [2.05, 4.69) is 40.0 Å². The summed E-state index contributed by atoms with van der Waals surface area (Å²) in [6, 6.07) is 8.45. The van der Waals surface area contributed by atoms with Crippen LogP contribution in [0.1, 0.15) is 38.6 Å². The van der Waals surface area contributed by atoms with Crippen molar-refractivity contribution in [3.63, 3.8) is 0 Å². The molecular weight excluding hydrogens is 634 g/mol. The molecule has 1 atom stereocenters. The molecule has 14 nitrogen and oxygen atoms in total. The number of anilines is 2. The predicted molar refractivity (Wildman–Crippen MR) is 180 cm³/mol. The minimum Gasteiger partial charge on any atom is -0.487 e. The van der Waals surface area contributed by atoms with Gasteiger partial charge in [0, 0.05) is 49.5 Å². The molecule has 1 saturated heterocycles. The van der Waals surface area contributed by atoms with Crippen molar-refractivity contribution in [2.45, 2.75) is 63.9 Å². The van der Waals surface area contributed by atoms with E-state index in [1.807, 2.05) is 48.3 Å². The minimum absolute atomic E-state index is 0.168. The molecule has 4 aromatic heterocycles. The molecule has 252 valence electrons. The van der Waals surface area contributed by atoms with Crippen LogP contribution in [0.5, 0.6) is 11.6 Å². The molecular formula is C33H40ClN11O3. The summed E-state index contributed by atoms with van der Waals surface area (Å²) in [4.78, 5) is 15.8. The van der Waals surface area contributed by atoms with E-state index >= 15 is 0 Å². The number of rotatable bonds is 13. The number of nitrogens with one attached hydrogen (secondary N) is 1. The van der Waals surface area contributed by atoms with Crippen molar-refractivity contribution in [2.75, 3.05) is 38.2 Å². The molecule has 1 unspecified atom stereocenters. The van der Waals surface area contributed by atoms with E-state index in [0.717, 1.165) is 68.8 Å². The van der Waals surface area contributed by atoms with Crippen molar-refractivity contribution < 1.29 is 14.2 Å². The molecule has 0 radical (unpaired) electrons. The van der Waals surface area contributed by atoms with Crippen molar-refractivity contribution >= 4 is 23.2 Å². The Bertz CT molecular complexity index is 1720. The largest absolute Gasteiger partial charge is 0.487 e. The predicted octanol–water partition coefficient (Wildman–Crippen LogP) is 4.89. The summed E-state index contributed by atoms with van der Waals surface area (Å²) < 4.78 is 23.5. The Balaban J connectivity index is 1.03. The van der Waals surface area contributed by atoms with E-state index in [1.165, 1.54) is 6.33 Å². The van der Waals surface area contributed by atoms with Gasteiger partial charge in [-0.15, -0.1) is 5.10 Å². The highest BCUT2D eigenvalue weighted by molar-refractivity contribution is 6.32. The summed E-state index contributed by atoms with van der Waals surface area (Å²) in [7, 11) is 0. The summed E-state index contributed by atoms with van der Waals surface area (Å²) in [6.07, 6.45) is 16.6. The van der Waals surface area contributed by atoms with E-state index in [-0.39, 0.29) is 6.10 Å². The molecule has 1 aliphatic carbocycles. The Kier molecular flexibility index (Phi) is 10.1. The van der Waals surface area contributed by atoms with Crippen LogP contribution in [0.3, 0.4) is 0 Å². The van der Waals surface area contributed by atoms with Crippen LogP contribution in [0.25, 0.3) is 11.1 Å². The van der Waals surface area contributed by atoms with E-state index in [0.29, 0.717) is 54.4 Å². The van der Waals surface area contributed by atoms with Crippen LogP contribution in [0, 0.1) is 0 Å². The number of aromatic nitrogens is 9. The molecule has 1 saturated carbocycles. The van der Waals surface area contributed by atoms with E-state index in [4.69, 9.17) is 30.9 Å². The van der Waals surface area contributed by atoms with Gasteiger partial charge in [-0.3, -0.25) is 14.3 Å². The molecule has 0 spiro atoms. The maximum Gasteiger partial charge on any atom is 0.257 e. The molecule has 15 heteroatoms. The molecule has 2 aliphatic rings. The Labute approximate surface area is 284 Å². The summed E-state index contributed by atoms with van der Waals surface area (Å²) in [5, 5.41) is 17.2. The Morgan fingerprint density at radius 2 is 1.83 bits per heavy atom. The monoisotopic (exact) mass is 673 g/mol. The van der Waals surface area contributed by atoms with Gasteiger partial charge >= 0.3 is 0 Å². The van der Waals surface area contributed by atoms with Gasteiger partial charge in [0.15, 0.2) is 0 Å². The standard InChI is InChI=1S/C33H40ClN11O3/c1-24(20-44-23-35-22-39-44)48-31-17-25(3-8-29(31)34)26-18-36-33(37-19-26)40-30-21-45(41-32(30)47-16-13-43-10-2-9-38-43)28-6-4-27(5-7-28)42-11-14-46-15-12-42/h2-3,8-10,17-19,21-24,27-28H,4-7,11-16,20H2,1H3,(H,36,37,40). The molecule has 5 aromatic rings. The molecule has 2 fully saturated rings. The fourth-order valence-corrected chi connectivity index (χ4v) is 6.50. The van der Waals surface area contributed by atoms with Crippen LogP contribution >= 0.6 is 11.6 Å². The van der Waals surface area contributed by atoms with Crippen molar-refractivity contribution in [3.8, 4) is 22.8 Å². The third kappa shape index (κ3) is 7.94. The highest BCUT2D eigenvalue weighted by Gasteiger charge is 2.29. The number of nitrogens with zero attached hydrogens (tertiary/aromatic N) is 10. The second kappa shape index (κ2) is 15.1. The highest BCUT2D eigenvalue weighted by atomic mass is 35.5. The Morgan fingerprint density at radius 3 is 2.58 bits per heavy atom. The van der Waals surface area contributed by atoms with Crippen molar-refractivity contribution in [2.24, 2.45) is 0 Å². The molecule has 5 heterocycles. The van der Waals surface area contributed by atoms with Gasteiger partial charge in [-0.1, -0.05) is 17.7 Å². The fourth-order valence-electron chi connectivity index (χ4n) is 6.33. The summed E-state index contributed by atoms with van der Waals surface area (Å²) in [5.41, 5.74) is 2.44. The first-order valence-corrected chi connectivity index (χ1v) is 16.8. The molecule has 48 heavy (non-hydrogen) atoms. The number of benzene rings is 1. The second-order valence-electron chi connectivity index (χ2n) is 12.2. The minimum atomic E-state index is -0.168. The van der Waals surface area contributed by atoms with Gasteiger partial charge < -0.3 is 19.5 Å². The van der Waals surface area contributed by atoms with Gasteiger partial charge in [-0.2, -0.15) is 10.2 Å². The quantitative estimate of drug-likeness (QED) is 0.183. The zero-order valence-electron chi connectivity index (χ0n) is 26.9. The lowest BCUT2D eigenvalue weighted by Gasteiger charge is -2.38. The van der Waals surface area contributed by atoms with Gasteiger partial charge in [0.25, 0.3) is 5.88 Å². The molecule has 1 aromatic carbocycles. The maximum absolute atomic E-state index is 6.47. The van der Waals surface area contributed by atoms with Gasteiger partial charge in [0.1, 0.15) is 36.8 Å². The smallest absolute Gasteiger partial charge is 0.257 e. The summed E-state index contributed by atoms with van der Waals surface area (Å²) >= 11 is 6.47. The van der Waals surface area contributed by atoms with Crippen LogP contribution in [0.15, 0.2) is 67.9 Å². The third-order valence-corrected chi connectivity index (χ3v) is 9.13. The fraction of sp³-hybridized carbons (Fsp3) is 0.455. The molecule has 1 aliphatic heterocycles. The Hall–Kier alpha value is -4.53. The summed E-state index contributed by atoms with van der Waals surface area (Å²) in [6.45, 7) is 7.25. The number of morpholine rings is 1. The van der Waals surface area contributed by atoms with Gasteiger partial charge in [0.05, 0.1) is 43.6 Å². The lowest BCUT2D eigenvalue weighted by Crippen LogP contribution is -2.45. The van der Waals surface area contributed by atoms with Crippen LogP contribution in [0.4, 0.5) is 11.6 Å². The van der Waals surface area contributed by atoms with Crippen LogP contribution in [-0.4, -0.2) is 94.2 Å². The van der Waals surface area contributed by atoms with Gasteiger partial charge in [0.2, 0.25) is 5.95 Å². The average Bonchev–Trinajstić information content (AvgIpc) is 3.91. The molecule has 7 rings (SSSR count). The maximum atomic E-state index is 6.47. The highest BCUT2D eigenvalue weighted by Crippen LogP contribution is 2.35. The topological polar surface area (TPSA) is 135 Å².